The second kappa shape index (κ2) is 4.41. The molecular formula is C12H9N3O. The summed E-state index contributed by atoms with van der Waals surface area (Å²) in [5.41, 5.74) is 1.98. The van der Waals surface area contributed by atoms with Crippen LogP contribution in [0.5, 0.6) is 5.88 Å². The second-order valence-corrected chi connectivity index (χ2v) is 3.10. The van der Waals surface area contributed by atoms with Crippen molar-refractivity contribution < 1.29 is 4.74 Å². The minimum atomic E-state index is 0.537. The van der Waals surface area contributed by atoms with Crippen molar-refractivity contribution in [1.82, 2.24) is 9.97 Å². The van der Waals surface area contributed by atoms with Crippen LogP contribution in [-0.2, 0) is 0 Å². The van der Waals surface area contributed by atoms with Gasteiger partial charge in [-0.1, -0.05) is 0 Å². The molecule has 0 aliphatic rings. The molecule has 0 aliphatic carbocycles. The molecule has 0 saturated carbocycles. The van der Waals surface area contributed by atoms with Crippen LogP contribution in [0.2, 0.25) is 0 Å². The summed E-state index contributed by atoms with van der Waals surface area (Å²) >= 11 is 0. The maximum absolute atomic E-state index is 8.95. The third-order valence-corrected chi connectivity index (χ3v) is 2.15. The summed E-state index contributed by atoms with van der Waals surface area (Å²) < 4.78 is 4.97. The van der Waals surface area contributed by atoms with E-state index in [9.17, 15) is 0 Å². The van der Waals surface area contributed by atoms with Crippen LogP contribution in [0.1, 0.15) is 5.56 Å². The van der Waals surface area contributed by atoms with Crippen molar-refractivity contribution in [3.05, 3.63) is 42.2 Å². The number of methoxy groups -OCH3 is 1. The van der Waals surface area contributed by atoms with Gasteiger partial charge in [0.05, 0.1) is 18.4 Å². The van der Waals surface area contributed by atoms with Crippen molar-refractivity contribution >= 4 is 0 Å². The Kier molecular flexibility index (Phi) is 2.79. The highest BCUT2D eigenvalue weighted by Crippen LogP contribution is 2.21. The molecule has 0 saturated heterocycles. The fourth-order valence-electron chi connectivity index (χ4n) is 1.37. The highest BCUT2D eigenvalue weighted by Gasteiger charge is 2.05. The molecule has 4 heteroatoms. The quantitative estimate of drug-likeness (QED) is 0.762. The largest absolute Gasteiger partial charge is 0.481 e. The molecule has 0 amide bonds. The number of hydrogen-bond donors (Lipinski definition) is 0. The fraction of sp³-hybridized carbons (Fsp3) is 0.0833. The molecule has 0 N–H and O–H groups in total. The molecule has 0 aliphatic heterocycles. The van der Waals surface area contributed by atoms with E-state index in [0.717, 1.165) is 5.56 Å². The lowest BCUT2D eigenvalue weighted by molar-refractivity contribution is 0.398. The third kappa shape index (κ3) is 1.84. The predicted molar refractivity (Wildman–Crippen MR) is 58.7 cm³/mol. The summed E-state index contributed by atoms with van der Waals surface area (Å²) in [5, 5.41) is 8.95. The number of nitrogens with zero attached hydrogens (tertiary/aromatic N) is 3. The normalized spacial score (nSPS) is 9.50. The van der Waals surface area contributed by atoms with E-state index in [2.05, 4.69) is 16.0 Å². The molecule has 0 unspecified atom stereocenters. The topological polar surface area (TPSA) is 58.8 Å². The molecule has 2 aromatic heterocycles. The van der Waals surface area contributed by atoms with Gasteiger partial charge in [0.25, 0.3) is 0 Å². The smallest absolute Gasteiger partial charge is 0.212 e. The summed E-state index contributed by atoms with van der Waals surface area (Å²) in [6.07, 6.45) is 3.29. The van der Waals surface area contributed by atoms with Crippen molar-refractivity contribution in [2.24, 2.45) is 0 Å². The first-order chi connectivity index (χ1) is 7.85. The molecular weight excluding hydrogens is 202 g/mol. The Hall–Kier alpha value is -2.41. The zero-order chi connectivity index (χ0) is 11.4. The molecule has 2 rings (SSSR count). The van der Waals surface area contributed by atoms with Crippen molar-refractivity contribution in [3.63, 3.8) is 0 Å². The number of ether oxygens (including phenoxy) is 1. The van der Waals surface area contributed by atoms with Crippen molar-refractivity contribution in [2.75, 3.05) is 7.11 Å². The first kappa shape index (κ1) is 10.1. The Morgan fingerprint density at radius 1 is 1.25 bits per heavy atom. The van der Waals surface area contributed by atoms with Gasteiger partial charge in [-0.25, -0.2) is 4.98 Å². The van der Waals surface area contributed by atoms with Crippen LogP contribution >= 0.6 is 0 Å². The van der Waals surface area contributed by atoms with E-state index in [1.54, 1.807) is 37.7 Å². The van der Waals surface area contributed by atoms with Gasteiger partial charge >= 0.3 is 0 Å². The van der Waals surface area contributed by atoms with E-state index in [1.807, 2.05) is 6.07 Å². The third-order valence-electron chi connectivity index (χ3n) is 2.15. The maximum Gasteiger partial charge on any atom is 0.212 e. The minimum absolute atomic E-state index is 0.537. The Morgan fingerprint density at radius 2 is 2.12 bits per heavy atom. The first-order valence-corrected chi connectivity index (χ1v) is 4.70. The van der Waals surface area contributed by atoms with E-state index < -0.39 is 0 Å². The van der Waals surface area contributed by atoms with Gasteiger partial charge in [-0.15, -0.1) is 0 Å². The number of nitriles is 1. The molecule has 2 heterocycles. The van der Waals surface area contributed by atoms with Gasteiger partial charge in [0, 0.05) is 24.0 Å². The molecule has 0 spiro atoms. The van der Waals surface area contributed by atoms with Crippen LogP contribution in [0.3, 0.4) is 0 Å². The Balaban J connectivity index is 2.47. The molecule has 16 heavy (non-hydrogen) atoms. The van der Waals surface area contributed by atoms with E-state index in [4.69, 9.17) is 10.00 Å². The second-order valence-electron chi connectivity index (χ2n) is 3.10. The molecule has 0 aromatic carbocycles. The lowest BCUT2D eigenvalue weighted by atomic mass is 10.1. The van der Waals surface area contributed by atoms with Crippen LogP contribution in [0, 0.1) is 11.3 Å². The van der Waals surface area contributed by atoms with Gasteiger partial charge in [0.15, 0.2) is 0 Å². The van der Waals surface area contributed by atoms with E-state index in [-0.39, 0.29) is 0 Å². The zero-order valence-corrected chi connectivity index (χ0v) is 8.71. The van der Waals surface area contributed by atoms with E-state index in [0.29, 0.717) is 17.1 Å². The number of rotatable bonds is 2. The Morgan fingerprint density at radius 3 is 2.75 bits per heavy atom. The standard InChI is InChI=1S/C12H9N3O/c1-16-11-5-4-10(8-15-11)12-9(7-13)3-2-6-14-12/h2-6,8H,1H3. The summed E-state index contributed by atoms with van der Waals surface area (Å²) in [6, 6.07) is 9.13. The molecule has 4 nitrogen and oxygen atoms in total. The van der Waals surface area contributed by atoms with Crippen LogP contribution in [0.25, 0.3) is 11.3 Å². The van der Waals surface area contributed by atoms with Gasteiger partial charge in [0.1, 0.15) is 6.07 Å². The highest BCUT2D eigenvalue weighted by molar-refractivity contribution is 5.65. The highest BCUT2D eigenvalue weighted by atomic mass is 16.5. The summed E-state index contributed by atoms with van der Waals surface area (Å²) in [6.45, 7) is 0. The van der Waals surface area contributed by atoms with Gasteiger partial charge in [-0.3, -0.25) is 4.98 Å². The summed E-state index contributed by atoms with van der Waals surface area (Å²) in [7, 11) is 1.56. The molecule has 0 atom stereocenters. The lowest BCUT2D eigenvalue weighted by Gasteiger charge is -2.03. The number of pyridine rings is 2. The maximum atomic E-state index is 8.95. The summed E-state index contributed by atoms with van der Waals surface area (Å²) in [4.78, 5) is 8.25. The predicted octanol–water partition coefficient (Wildman–Crippen LogP) is 2.02. The van der Waals surface area contributed by atoms with Crippen LogP contribution in [0.4, 0.5) is 0 Å². The lowest BCUT2D eigenvalue weighted by Crippen LogP contribution is -1.91. The average molecular weight is 211 g/mol. The fourth-order valence-corrected chi connectivity index (χ4v) is 1.37. The van der Waals surface area contributed by atoms with E-state index in [1.165, 1.54) is 0 Å². The molecule has 0 bridgehead atoms. The molecule has 0 fully saturated rings. The number of aromatic nitrogens is 2. The number of hydrogen-bond acceptors (Lipinski definition) is 4. The average Bonchev–Trinajstić information content (AvgIpc) is 2.39. The molecule has 2 aromatic rings. The minimum Gasteiger partial charge on any atom is -0.481 e. The summed E-state index contributed by atoms with van der Waals surface area (Å²) in [5.74, 6) is 0.540. The zero-order valence-electron chi connectivity index (χ0n) is 8.71. The van der Waals surface area contributed by atoms with Crippen molar-refractivity contribution in [2.45, 2.75) is 0 Å². The van der Waals surface area contributed by atoms with Crippen molar-refractivity contribution in [1.29, 1.82) is 5.26 Å². The monoisotopic (exact) mass is 211 g/mol. The van der Waals surface area contributed by atoms with Gasteiger partial charge in [-0.05, 0) is 18.2 Å². The van der Waals surface area contributed by atoms with Gasteiger partial charge in [0.2, 0.25) is 5.88 Å². The van der Waals surface area contributed by atoms with Crippen LogP contribution in [0.15, 0.2) is 36.7 Å². The van der Waals surface area contributed by atoms with Gasteiger partial charge < -0.3 is 4.74 Å². The Labute approximate surface area is 93.2 Å². The van der Waals surface area contributed by atoms with Crippen LogP contribution in [-0.4, -0.2) is 17.1 Å². The van der Waals surface area contributed by atoms with E-state index >= 15 is 0 Å². The SMILES string of the molecule is COc1ccc(-c2ncccc2C#N)cn1. The van der Waals surface area contributed by atoms with Crippen LogP contribution < -0.4 is 4.74 Å². The molecule has 78 valence electrons. The van der Waals surface area contributed by atoms with Crippen molar-refractivity contribution in [3.8, 4) is 23.2 Å². The Bertz CT molecular complexity index is 529. The molecule has 0 radical (unpaired) electrons. The van der Waals surface area contributed by atoms with Gasteiger partial charge in [-0.2, -0.15) is 5.26 Å². The first-order valence-electron chi connectivity index (χ1n) is 4.70.